The van der Waals surface area contributed by atoms with Gasteiger partial charge in [-0.15, -0.1) is 0 Å². The number of methoxy groups -OCH3 is 2. The average molecular weight is 416 g/mol. The van der Waals surface area contributed by atoms with Gasteiger partial charge in [-0.3, -0.25) is 4.79 Å². The van der Waals surface area contributed by atoms with Crippen molar-refractivity contribution in [2.75, 3.05) is 45.3 Å². The smallest absolute Gasteiger partial charge is 0.254 e. The molecule has 1 aromatic heterocycles. The number of benzene rings is 2. The average Bonchev–Trinajstić information content (AvgIpc) is 2.82. The van der Waals surface area contributed by atoms with E-state index in [1.54, 1.807) is 32.4 Å². The highest BCUT2D eigenvalue weighted by molar-refractivity contribution is 5.95. The Morgan fingerprint density at radius 2 is 1.68 bits per heavy atom. The highest BCUT2D eigenvalue weighted by Crippen LogP contribution is 2.27. The van der Waals surface area contributed by atoms with Gasteiger partial charge in [-0.1, -0.05) is 12.1 Å². The third-order valence-electron chi connectivity index (χ3n) is 5.54. The Hall–Kier alpha value is -3.79. The van der Waals surface area contributed by atoms with Crippen LogP contribution in [-0.2, 0) is 0 Å². The lowest BCUT2D eigenvalue weighted by atomic mass is 10.1. The van der Waals surface area contributed by atoms with Crippen molar-refractivity contribution in [3.05, 3.63) is 59.2 Å². The molecule has 1 amide bonds. The number of aryl methyl sites for hydroxylation is 1. The molecule has 1 aliphatic heterocycles. The molecular formula is C24H24N4O3. The third-order valence-corrected chi connectivity index (χ3v) is 5.54. The van der Waals surface area contributed by atoms with Crippen molar-refractivity contribution in [1.29, 1.82) is 5.26 Å². The molecule has 0 aliphatic carbocycles. The number of fused-ring (bicyclic) bond motifs is 1. The molecule has 0 saturated carbocycles. The zero-order chi connectivity index (χ0) is 22.0. The normalized spacial score (nSPS) is 13.7. The first-order valence-electron chi connectivity index (χ1n) is 10.1. The first-order chi connectivity index (χ1) is 15.0. The standard InChI is InChI=1S/C24H24N4O3/c1-16-4-5-17-11-19(15-25)23(26-22(17)10-16)27-6-8-28(9-7-27)24(29)18-12-20(30-2)14-21(13-18)31-3/h4-5,10-14H,6-9H2,1-3H3. The van der Waals surface area contributed by atoms with Crippen LogP contribution in [0.25, 0.3) is 10.9 Å². The van der Waals surface area contributed by atoms with E-state index >= 15 is 0 Å². The van der Waals surface area contributed by atoms with Gasteiger partial charge in [0.05, 0.1) is 25.3 Å². The molecule has 0 spiro atoms. The Morgan fingerprint density at radius 1 is 1.00 bits per heavy atom. The van der Waals surface area contributed by atoms with Crippen molar-refractivity contribution in [1.82, 2.24) is 9.88 Å². The fourth-order valence-electron chi connectivity index (χ4n) is 3.83. The lowest BCUT2D eigenvalue weighted by Gasteiger charge is -2.36. The van der Waals surface area contributed by atoms with Gasteiger partial charge in [0, 0.05) is 43.2 Å². The third kappa shape index (κ3) is 4.10. The van der Waals surface area contributed by atoms with E-state index in [9.17, 15) is 10.1 Å². The Balaban J connectivity index is 1.54. The predicted molar refractivity (Wildman–Crippen MR) is 119 cm³/mol. The maximum absolute atomic E-state index is 13.0. The van der Waals surface area contributed by atoms with Crippen LogP contribution in [0.4, 0.5) is 5.82 Å². The molecule has 0 atom stereocenters. The van der Waals surface area contributed by atoms with Gasteiger partial charge in [0.1, 0.15) is 23.4 Å². The summed E-state index contributed by atoms with van der Waals surface area (Å²) in [4.78, 5) is 21.7. The maximum Gasteiger partial charge on any atom is 0.254 e. The Bertz CT molecular complexity index is 1160. The molecule has 0 bridgehead atoms. The van der Waals surface area contributed by atoms with Crippen LogP contribution in [0.15, 0.2) is 42.5 Å². The summed E-state index contributed by atoms with van der Waals surface area (Å²) in [5.74, 6) is 1.77. The highest BCUT2D eigenvalue weighted by atomic mass is 16.5. The number of hydrogen-bond donors (Lipinski definition) is 0. The Kier molecular flexibility index (Phi) is 5.63. The molecule has 2 aromatic carbocycles. The lowest BCUT2D eigenvalue weighted by Crippen LogP contribution is -2.49. The van der Waals surface area contributed by atoms with Gasteiger partial charge in [-0.05, 0) is 36.8 Å². The molecule has 1 aliphatic rings. The Morgan fingerprint density at radius 3 is 2.29 bits per heavy atom. The second-order valence-electron chi connectivity index (χ2n) is 7.55. The number of carbonyl (C=O) groups is 1. The van der Waals surface area contributed by atoms with Crippen LogP contribution >= 0.6 is 0 Å². The van der Waals surface area contributed by atoms with E-state index < -0.39 is 0 Å². The first-order valence-corrected chi connectivity index (χ1v) is 10.1. The molecule has 1 saturated heterocycles. The van der Waals surface area contributed by atoms with Gasteiger partial charge in [-0.2, -0.15) is 5.26 Å². The fraction of sp³-hybridized carbons (Fsp3) is 0.292. The molecule has 0 N–H and O–H groups in total. The number of aromatic nitrogens is 1. The summed E-state index contributed by atoms with van der Waals surface area (Å²) in [6, 6.07) is 15.4. The van der Waals surface area contributed by atoms with Crippen LogP contribution in [0.5, 0.6) is 11.5 Å². The van der Waals surface area contributed by atoms with Crippen molar-refractivity contribution in [2.45, 2.75) is 6.92 Å². The van der Waals surface area contributed by atoms with E-state index in [-0.39, 0.29) is 5.91 Å². The first kappa shape index (κ1) is 20.5. The zero-order valence-corrected chi connectivity index (χ0v) is 17.9. The minimum absolute atomic E-state index is 0.0700. The van der Waals surface area contributed by atoms with Crippen LogP contribution in [0.3, 0.4) is 0 Å². The topological polar surface area (TPSA) is 78.7 Å². The number of amides is 1. The van der Waals surface area contributed by atoms with Gasteiger partial charge in [0.25, 0.3) is 5.91 Å². The van der Waals surface area contributed by atoms with E-state index in [2.05, 4.69) is 11.0 Å². The monoisotopic (exact) mass is 416 g/mol. The van der Waals surface area contributed by atoms with Gasteiger partial charge < -0.3 is 19.3 Å². The minimum atomic E-state index is -0.0700. The number of ether oxygens (including phenoxy) is 2. The lowest BCUT2D eigenvalue weighted by molar-refractivity contribution is 0.0745. The number of hydrogen-bond acceptors (Lipinski definition) is 6. The molecular weight excluding hydrogens is 392 g/mol. The van der Waals surface area contributed by atoms with Gasteiger partial charge in [0.15, 0.2) is 0 Å². The van der Waals surface area contributed by atoms with E-state index in [4.69, 9.17) is 14.5 Å². The van der Waals surface area contributed by atoms with Crippen molar-refractivity contribution in [3.63, 3.8) is 0 Å². The summed E-state index contributed by atoms with van der Waals surface area (Å²) < 4.78 is 10.6. The number of anilines is 1. The largest absolute Gasteiger partial charge is 0.497 e. The maximum atomic E-state index is 13.0. The second-order valence-corrected chi connectivity index (χ2v) is 7.55. The summed E-state index contributed by atoms with van der Waals surface area (Å²) in [5.41, 5.74) is 3.08. The van der Waals surface area contributed by atoms with Crippen LogP contribution in [0.2, 0.25) is 0 Å². The quantitative estimate of drug-likeness (QED) is 0.649. The number of piperazine rings is 1. The predicted octanol–water partition coefficient (Wildman–Crippen LogP) is 3.39. The van der Waals surface area contributed by atoms with Gasteiger partial charge >= 0.3 is 0 Å². The molecule has 1 fully saturated rings. The molecule has 31 heavy (non-hydrogen) atoms. The fourth-order valence-corrected chi connectivity index (χ4v) is 3.83. The minimum Gasteiger partial charge on any atom is -0.497 e. The van der Waals surface area contributed by atoms with E-state index in [1.807, 2.05) is 36.1 Å². The van der Waals surface area contributed by atoms with Crippen molar-refractivity contribution >= 4 is 22.6 Å². The van der Waals surface area contributed by atoms with Crippen LogP contribution in [0, 0.1) is 18.3 Å². The number of rotatable bonds is 4. The molecule has 0 radical (unpaired) electrons. The number of carbonyl (C=O) groups excluding carboxylic acids is 1. The number of nitrogens with zero attached hydrogens (tertiary/aromatic N) is 4. The molecule has 7 heteroatoms. The molecule has 2 heterocycles. The van der Waals surface area contributed by atoms with Gasteiger partial charge in [0.2, 0.25) is 0 Å². The van der Waals surface area contributed by atoms with Crippen LogP contribution < -0.4 is 14.4 Å². The van der Waals surface area contributed by atoms with Crippen molar-refractivity contribution in [2.24, 2.45) is 0 Å². The molecule has 0 unspecified atom stereocenters. The Labute approximate surface area is 181 Å². The molecule has 7 nitrogen and oxygen atoms in total. The molecule has 3 aromatic rings. The summed E-state index contributed by atoms with van der Waals surface area (Å²) in [6.45, 7) is 4.31. The summed E-state index contributed by atoms with van der Waals surface area (Å²) >= 11 is 0. The molecule has 4 rings (SSSR count). The highest BCUT2D eigenvalue weighted by Gasteiger charge is 2.25. The van der Waals surface area contributed by atoms with Crippen LogP contribution in [0.1, 0.15) is 21.5 Å². The van der Waals surface area contributed by atoms with E-state index in [0.29, 0.717) is 54.6 Å². The SMILES string of the molecule is COc1cc(OC)cc(C(=O)N2CCN(c3nc4cc(C)ccc4cc3C#N)CC2)c1. The van der Waals surface area contributed by atoms with Crippen molar-refractivity contribution < 1.29 is 14.3 Å². The van der Waals surface area contributed by atoms with Crippen molar-refractivity contribution in [3.8, 4) is 17.6 Å². The van der Waals surface area contributed by atoms with E-state index in [0.717, 1.165) is 16.5 Å². The van der Waals surface area contributed by atoms with Crippen LogP contribution in [-0.4, -0.2) is 56.2 Å². The summed E-state index contributed by atoms with van der Waals surface area (Å²) in [6.07, 6.45) is 0. The molecule has 158 valence electrons. The van der Waals surface area contributed by atoms with Gasteiger partial charge in [-0.25, -0.2) is 4.98 Å². The summed E-state index contributed by atoms with van der Waals surface area (Å²) in [7, 11) is 3.12. The zero-order valence-electron chi connectivity index (χ0n) is 17.9. The number of pyridine rings is 1. The number of nitriles is 1. The second kappa shape index (κ2) is 8.52. The summed E-state index contributed by atoms with van der Waals surface area (Å²) in [5, 5.41) is 10.6. The van der Waals surface area contributed by atoms with E-state index in [1.165, 1.54) is 0 Å².